The molecule has 0 saturated heterocycles. The molecule has 1 saturated carbocycles. The van der Waals surface area contributed by atoms with E-state index in [1.165, 1.54) is 0 Å². The summed E-state index contributed by atoms with van der Waals surface area (Å²) in [6.45, 7) is 0. The largest absolute Gasteiger partial charge is 0.319 e. The Morgan fingerprint density at radius 1 is 1.16 bits per heavy atom. The van der Waals surface area contributed by atoms with Gasteiger partial charge in [-0.05, 0) is 43.2 Å². The second kappa shape index (κ2) is 6.21. The number of nitrogens with zero attached hydrogens (tertiary/aromatic N) is 4. The molecule has 0 atom stereocenters. The molecule has 3 aromatic rings. The predicted octanol–water partition coefficient (Wildman–Crippen LogP) is 3.27. The van der Waals surface area contributed by atoms with Crippen LogP contribution in [0.3, 0.4) is 0 Å². The summed E-state index contributed by atoms with van der Waals surface area (Å²) in [6, 6.07) is 18.5. The molecule has 0 aliphatic heterocycles. The smallest absolute Gasteiger partial charge is 0.295 e. The van der Waals surface area contributed by atoms with Crippen molar-refractivity contribution in [1.82, 2.24) is 14.8 Å². The molecular formula is C19H15N5O. The van der Waals surface area contributed by atoms with Crippen molar-refractivity contribution in [3.63, 3.8) is 0 Å². The molecule has 1 aliphatic carbocycles. The molecule has 1 aromatic heterocycles. The van der Waals surface area contributed by atoms with Gasteiger partial charge in [-0.3, -0.25) is 4.79 Å². The highest BCUT2D eigenvalue weighted by molar-refractivity contribution is 6.01. The van der Waals surface area contributed by atoms with Crippen LogP contribution in [-0.2, 0) is 0 Å². The first kappa shape index (κ1) is 15.1. The highest BCUT2D eigenvalue weighted by Crippen LogP contribution is 2.39. The first-order valence-corrected chi connectivity index (χ1v) is 8.08. The van der Waals surface area contributed by atoms with Crippen molar-refractivity contribution in [2.24, 2.45) is 0 Å². The molecule has 1 N–H and O–H groups in total. The SMILES string of the molecule is N#Cc1cccc(NC(=O)c2nc(C3CC3)n(-c3ccccc3)n2)c1. The standard InChI is InChI=1S/C19H15N5O/c20-12-13-5-4-6-15(11-13)21-19(25)17-22-18(14-9-10-14)24(23-17)16-7-2-1-3-8-16/h1-8,11,14H,9-10H2,(H,21,25). The third-order valence-corrected chi connectivity index (χ3v) is 4.03. The second-order valence-electron chi connectivity index (χ2n) is 5.96. The first-order valence-electron chi connectivity index (χ1n) is 8.08. The number of carbonyl (C=O) groups is 1. The van der Waals surface area contributed by atoms with Gasteiger partial charge in [0.2, 0.25) is 5.82 Å². The number of para-hydroxylation sites is 1. The normalized spacial score (nSPS) is 13.2. The van der Waals surface area contributed by atoms with E-state index in [4.69, 9.17) is 5.26 Å². The van der Waals surface area contributed by atoms with Crippen LogP contribution in [0.25, 0.3) is 5.69 Å². The zero-order chi connectivity index (χ0) is 17.2. The minimum atomic E-state index is -0.383. The van der Waals surface area contributed by atoms with Gasteiger partial charge in [0.1, 0.15) is 5.82 Å². The van der Waals surface area contributed by atoms with E-state index >= 15 is 0 Å². The maximum atomic E-state index is 12.5. The molecule has 4 rings (SSSR count). The fourth-order valence-electron chi connectivity index (χ4n) is 2.64. The third kappa shape index (κ3) is 3.12. The molecule has 122 valence electrons. The first-order chi connectivity index (χ1) is 12.2. The number of anilines is 1. The van der Waals surface area contributed by atoms with Crippen molar-refractivity contribution in [2.45, 2.75) is 18.8 Å². The van der Waals surface area contributed by atoms with E-state index in [1.807, 2.05) is 30.3 Å². The second-order valence-corrected chi connectivity index (χ2v) is 5.96. The zero-order valence-electron chi connectivity index (χ0n) is 13.4. The van der Waals surface area contributed by atoms with Gasteiger partial charge in [-0.15, -0.1) is 5.10 Å². The molecule has 0 radical (unpaired) electrons. The van der Waals surface area contributed by atoms with Gasteiger partial charge in [0.25, 0.3) is 5.91 Å². The summed E-state index contributed by atoms with van der Waals surface area (Å²) >= 11 is 0. The van der Waals surface area contributed by atoms with Crippen LogP contribution in [0, 0.1) is 11.3 Å². The highest BCUT2D eigenvalue weighted by Gasteiger charge is 2.31. The van der Waals surface area contributed by atoms with Gasteiger partial charge in [0.05, 0.1) is 17.3 Å². The average molecular weight is 329 g/mol. The van der Waals surface area contributed by atoms with Crippen molar-refractivity contribution >= 4 is 11.6 Å². The maximum absolute atomic E-state index is 12.5. The van der Waals surface area contributed by atoms with Crippen LogP contribution in [-0.4, -0.2) is 20.7 Å². The van der Waals surface area contributed by atoms with Gasteiger partial charge >= 0.3 is 0 Å². The fourth-order valence-corrected chi connectivity index (χ4v) is 2.64. The topological polar surface area (TPSA) is 83.6 Å². The number of nitriles is 1. The van der Waals surface area contributed by atoms with E-state index < -0.39 is 0 Å². The summed E-state index contributed by atoms with van der Waals surface area (Å²) in [4.78, 5) is 17.0. The Kier molecular flexibility index (Phi) is 3.75. The number of hydrogen-bond donors (Lipinski definition) is 1. The summed E-state index contributed by atoms with van der Waals surface area (Å²) in [5.74, 6) is 0.929. The summed E-state index contributed by atoms with van der Waals surface area (Å²) < 4.78 is 1.75. The molecule has 2 aromatic carbocycles. The Morgan fingerprint density at radius 3 is 2.68 bits per heavy atom. The van der Waals surface area contributed by atoms with Gasteiger partial charge in [-0.1, -0.05) is 24.3 Å². The van der Waals surface area contributed by atoms with Crippen LogP contribution in [0.2, 0.25) is 0 Å². The van der Waals surface area contributed by atoms with Crippen molar-refractivity contribution < 1.29 is 4.79 Å². The van der Waals surface area contributed by atoms with Crippen molar-refractivity contribution in [3.8, 4) is 11.8 Å². The lowest BCUT2D eigenvalue weighted by molar-refractivity contribution is 0.101. The van der Waals surface area contributed by atoms with Crippen LogP contribution in [0.5, 0.6) is 0 Å². The molecule has 0 unspecified atom stereocenters. The fraction of sp³-hybridized carbons (Fsp3) is 0.158. The Balaban J connectivity index is 1.64. The van der Waals surface area contributed by atoms with Gasteiger partial charge in [0, 0.05) is 11.6 Å². The monoisotopic (exact) mass is 329 g/mol. The number of carbonyl (C=O) groups excluding carboxylic acids is 1. The van der Waals surface area contributed by atoms with Crippen LogP contribution in [0.4, 0.5) is 5.69 Å². The Bertz CT molecular complexity index is 967. The quantitative estimate of drug-likeness (QED) is 0.796. The summed E-state index contributed by atoms with van der Waals surface area (Å²) in [5, 5.41) is 16.1. The zero-order valence-corrected chi connectivity index (χ0v) is 13.4. The number of rotatable bonds is 4. The van der Waals surface area contributed by atoms with Gasteiger partial charge < -0.3 is 5.32 Å². The van der Waals surface area contributed by atoms with Crippen LogP contribution in [0.1, 0.15) is 40.8 Å². The lowest BCUT2D eigenvalue weighted by atomic mass is 10.2. The van der Waals surface area contributed by atoms with E-state index in [9.17, 15) is 4.79 Å². The van der Waals surface area contributed by atoms with Crippen molar-refractivity contribution in [1.29, 1.82) is 5.26 Å². The Hall–Kier alpha value is -3.46. The average Bonchev–Trinajstić information content (AvgIpc) is 3.40. The van der Waals surface area contributed by atoms with E-state index in [2.05, 4.69) is 21.5 Å². The van der Waals surface area contributed by atoms with E-state index in [0.717, 1.165) is 24.4 Å². The van der Waals surface area contributed by atoms with Gasteiger partial charge in [-0.25, -0.2) is 9.67 Å². The van der Waals surface area contributed by atoms with Gasteiger partial charge in [0.15, 0.2) is 0 Å². The Labute approximate surface area is 144 Å². The minimum absolute atomic E-state index is 0.133. The van der Waals surface area contributed by atoms with E-state index in [-0.39, 0.29) is 11.7 Å². The van der Waals surface area contributed by atoms with E-state index in [0.29, 0.717) is 17.2 Å². The molecule has 1 heterocycles. The van der Waals surface area contributed by atoms with Crippen LogP contribution in [0.15, 0.2) is 54.6 Å². The summed E-state index contributed by atoms with van der Waals surface area (Å²) in [7, 11) is 0. The van der Waals surface area contributed by atoms with Crippen molar-refractivity contribution in [2.75, 3.05) is 5.32 Å². The van der Waals surface area contributed by atoms with Crippen LogP contribution >= 0.6 is 0 Å². The molecule has 0 spiro atoms. The number of aromatic nitrogens is 3. The minimum Gasteiger partial charge on any atom is -0.319 e. The molecule has 6 nitrogen and oxygen atoms in total. The summed E-state index contributed by atoms with van der Waals surface area (Å²) in [6.07, 6.45) is 2.13. The lowest BCUT2D eigenvalue weighted by Crippen LogP contribution is -2.14. The molecule has 25 heavy (non-hydrogen) atoms. The molecule has 1 amide bonds. The molecule has 1 fully saturated rings. The summed E-state index contributed by atoms with van der Waals surface area (Å²) in [5.41, 5.74) is 1.93. The number of benzene rings is 2. The van der Waals surface area contributed by atoms with Crippen molar-refractivity contribution in [3.05, 3.63) is 71.8 Å². The van der Waals surface area contributed by atoms with Crippen LogP contribution < -0.4 is 5.32 Å². The number of hydrogen-bond acceptors (Lipinski definition) is 4. The Morgan fingerprint density at radius 2 is 1.96 bits per heavy atom. The highest BCUT2D eigenvalue weighted by atomic mass is 16.2. The molecule has 0 bridgehead atoms. The predicted molar refractivity (Wildman–Crippen MR) is 92.4 cm³/mol. The number of amides is 1. The molecule has 6 heteroatoms. The lowest BCUT2D eigenvalue weighted by Gasteiger charge is -2.03. The van der Waals surface area contributed by atoms with E-state index in [1.54, 1.807) is 28.9 Å². The van der Waals surface area contributed by atoms with Gasteiger partial charge in [-0.2, -0.15) is 5.26 Å². The maximum Gasteiger partial charge on any atom is 0.295 e. The molecule has 1 aliphatic rings. The molecular weight excluding hydrogens is 314 g/mol. The third-order valence-electron chi connectivity index (χ3n) is 4.03. The number of nitrogens with one attached hydrogen (secondary N) is 1.